The number of rotatable bonds is 4. The Bertz CT molecular complexity index is 319. The minimum Gasteiger partial charge on any atom is -0.313 e. The van der Waals surface area contributed by atoms with Crippen LogP contribution in [0.5, 0.6) is 0 Å². The predicted molar refractivity (Wildman–Crippen MR) is 66.3 cm³/mol. The van der Waals surface area contributed by atoms with Crippen molar-refractivity contribution in [3.05, 3.63) is 18.0 Å². The van der Waals surface area contributed by atoms with Crippen molar-refractivity contribution in [3.63, 3.8) is 0 Å². The summed E-state index contributed by atoms with van der Waals surface area (Å²) in [4.78, 5) is 0. The summed E-state index contributed by atoms with van der Waals surface area (Å²) in [6.45, 7) is 6.45. The van der Waals surface area contributed by atoms with Crippen LogP contribution >= 0.6 is 0 Å². The fourth-order valence-electron chi connectivity index (χ4n) is 2.58. The summed E-state index contributed by atoms with van der Waals surface area (Å²) in [5, 5.41) is 7.84. The second-order valence-corrected chi connectivity index (χ2v) is 5.03. The molecule has 0 aromatic carbocycles. The molecule has 1 aromatic rings. The summed E-state index contributed by atoms with van der Waals surface area (Å²) in [5.41, 5.74) is 1.31. The van der Waals surface area contributed by atoms with E-state index in [1.54, 1.807) is 0 Å². The lowest BCUT2D eigenvalue weighted by Crippen LogP contribution is -2.18. The highest BCUT2D eigenvalue weighted by atomic mass is 15.3. The van der Waals surface area contributed by atoms with Gasteiger partial charge >= 0.3 is 0 Å². The van der Waals surface area contributed by atoms with E-state index in [4.69, 9.17) is 0 Å². The molecule has 0 saturated heterocycles. The number of hydrogen-bond acceptors (Lipinski definition) is 2. The third-order valence-electron chi connectivity index (χ3n) is 3.52. The van der Waals surface area contributed by atoms with Gasteiger partial charge in [-0.15, -0.1) is 0 Å². The second-order valence-electron chi connectivity index (χ2n) is 5.03. The molecule has 0 amide bonds. The summed E-state index contributed by atoms with van der Waals surface area (Å²) in [7, 11) is 0. The van der Waals surface area contributed by atoms with Gasteiger partial charge in [-0.3, -0.25) is 4.68 Å². The van der Waals surface area contributed by atoms with Gasteiger partial charge < -0.3 is 5.32 Å². The minimum atomic E-state index is 0.638. The summed E-state index contributed by atoms with van der Waals surface area (Å²) >= 11 is 0. The molecule has 3 nitrogen and oxygen atoms in total. The van der Waals surface area contributed by atoms with E-state index in [1.165, 1.54) is 31.2 Å². The van der Waals surface area contributed by atoms with E-state index in [0.717, 1.165) is 19.0 Å². The van der Waals surface area contributed by atoms with Crippen LogP contribution in [0, 0.1) is 5.92 Å². The normalized spacial score (nSPS) is 25.9. The van der Waals surface area contributed by atoms with Crippen LogP contribution in [0.1, 0.15) is 51.1 Å². The number of nitrogens with zero attached hydrogens (tertiary/aromatic N) is 2. The average Bonchev–Trinajstić information content (AvgIpc) is 2.75. The maximum absolute atomic E-state index is 4.50. The first kappa shape index (κ1) is 11.6. The molecule has 1 aliphatic rings. The minimum absolute atomic E-state index is 0.638. The lowest BCUT2D eigenvalue weighted by Gasteiger charge is -2.26. The van der Waals surface area contributed by atoms with Crippen molar-refractivity contribution in [1.82, 2.24) is 15.1 Å². The van der Waals surface area contributed by atoms with E-state index in [1.807, 2.05) is 6.20 Å². The SMILES string of the molecule is CCNCc1cnn(C2CCCC(C)C2)c1. The molecule has 1 N–H and O–H groups in total. The third-order valence-corrected chi connectivity index (χ3v) is 3.52. The maximum atomic E-state index is 4.50. The molecule has 1 heterocycles. The van der Waals surface area contributed by atoms with Gasteiger partial charge in [0.15, 0.2) is 0 Å². The Morgan fingerprint density at radius 1 is 1.50 bits per heavy atom. The molecule has 1 aromatic heterocycles. The van der Waals surface area contributed by atoms with Gasteiger partial charge in [-0.05, 0) is 25.3 Å². The van der Waals surface area contributed by atoms with Crippen molar-refractivity contribution in [1.29, 1.82) is 0 Å². The van der Waals surface area contributed by atoms with E-state index in [2.05, 4.69) is 35.1 Å². The van der Waals surface area contributed by atoms with Crippen LogP contribution in [0.3, 0.4) is 0 Å². The Kier molecular flexibility index (Phi) is 3.99. The molecule has 2 unspecified atom stereocenters. The molecular formula is C13H23N3. The van der Waals surface area contributed by atoms with Gasteiger partial charge in [0.1, 0.15) is 0 Å². The van der Waals surface area contributed by atoms with Gasteiger partial charge in [0, 0.05) is 18.3 Å². The van der Waals surface area contributed by atoms with Gasteiger partial charge in [0.25, 0.3) is 0 Å². The lowest BCUT2D eigenvalue weighted by molar-refractivity contribution is 0.266. The van der Waals surface area contributed by atoms with Gasteiger partial charge in [0.05, 0.1) is 12.2 Å². The topological polar surface area (TPSA) is 29.9 Å². The van der Waals surface area contributed by atoms with Crippen molar-refractivity contribution >= 4 is 0 Å². The van der Waals surface area contributed by atoms with Crippen LogP contribution in [0.25, 0.3) is 0 Å². The van der Waals surface area contributed by atoms with Gasteiger partial charge in [-0.25, -0.2) is 0 Å². The van der Waals surface area contributed by atoms with E-state index in [-0.39, 0.29) is 0 Å². The smallest absolute Gasteiger partial charge is 0.0534 e. The van der Waals surface area contributed by atoms with Crippen molar-refractivity contribution in [3.8, 4) is 0 Å². The largest absolute Gasteiger partial charge is 0.313 e. The predicted octanol–water partition coefficient (Wildman–Crippen LogP) is 2.74. The molecule has 2 rings (SSSR count). The van der Waals surface area contributed by atoms with Crippen LogP contribution in [-0.4, -0.2) is 16.3 Å². The summed E-state index contributed by atoms with van der Waals surface area (Å²) in [6.07, 6.45) is 9.55. The zero-order valence-corrected chi connectivity index (χ0v) is 10.4. The van der Waals surface area contributed by atoms with Crippen molar-refractivity contribution in [2.24, 2.45) is 5.92 Å². The van der Waals surface area contributed by atoms with E-state index < -0.39 is 0 Å². The quantitative estimate of drug-likeness (QED) is 0.847. The van der Waals surface area contributed by atoms with Crippen molar-refractivity contribution in [2.75, 3.05) is 6.54 Å². The molecule has 3 heteroatoms. The molecular weight excluding hydrogens is 198 g/mol. The first-order valence-electron chi connectivity index (χ1n) is 6.53. The van der Waals surface area contributed by atoms with Gasteiger partial charge in [-0.1, -0.05) is 26.7 Å². The van der Waals surface area contributed by atoms with Crippen LogP contribution < -0.4 is 5.32 Å². The highest BCUT2D eigenvalue weighted by Gasteiger charge is 2.20. The van der Waals surface area contributed by atoms with Crippen LogP contribution in [0.4, 0.5) is 0 Å². The van der Waals surface area contributed by atoms with Crippen LogP contribution in [-0.2, 0) is 6.54 Å². The molecule has 0 aliphatic heterocycles. The maximum Gasteiger partial charge on any atom is 0.0534 e. The highest BCUT2D eigenvalue weighted by molar-refractivity contribution is 5.04. The molecule has 90 valence electrons. The van der Waals surface area contributed by atoms with Crippen molar-refractivity contribution < 1.29 is 0 Å². The van der Waals surface area contributed by atoms with Crippen molar-refractivity contribution in [2.45, 2.75) is 52.1 Å². The summed E-state index contributed by atoms with van der Waals surface area (Å²) < 4.78 is 2.18. The molecule has 0 spiro atoms. The zero-order chi connectivity index (χ0) is 11.4. The zero-order valence-electron chi connectivity index (χ0n) is 10.4. The Morgan fingerprint density at radius 2 is 2.38 bits per heavy atom. The van der Waals surface area contributed by atoms with Gasteiger partial charge in [0.2, 0.25) is 0 Å². The van der Waals surface area contributed by atoms with E-state index in [0.29, 0.717) is 6.04 Å². The third kappa shape index (κ3) is 2.85. The fraction of sp³-hybridized carbons (Fsp3) is 0.769. The van der Waals surface area contributed by atoms with Gasteiger partial charge in [-0.2, -0.15) is 5.10 Å². The Labute approximate surface area is 98.2 Å². The number of aromatic nitrogens is 2. The molecule has 2 atom stereocenters. The fourth-order valence-corrected chi connectivity index (χ4v) is 2.58. The molecule has 16 heavy (non-hydrogen) atoms. The van der Waals surface area contributed by atoms with Crippen LogP contribution in [0.15, 0.2) is 12.4 Å². The van der Waals surface area contributed by atoms with E-state index in [9.17, 15) is 0 Å². The first-order valence-corrected chi connectivity index (χ1v) is 6.53. The summed E-state index contributed by atoms with van der Waals surface area (Å²) in [5.74, 6) is 0.861. The molecule has 1 aliphatic carbocycles. The Balaban J connectivity index is 1.95. The first-order chi connectivity index (χ1) is 7.79. The number of nitrogens with one attached hydrogen (secondary N) is 1. The van der Waals surface area contributed by atoms with Crippen LogP contribution in [0.2, 0.25) is 0 Å². The second kappa shape index (κ2) is 5.48. The number of hydrogen-bond donors (Lipinski definition) is 1. The highest BCUT2D eigenvalue weighted by Crippen LogP contribution is 2.31. The average molecular weight is 221 g/mol. The lowest BCUT2D eigenvalue weighted by atomic mass is 9.87. The molecule has 1 fully saturated rings. The Hall–Kier alpha value is -0.830. The molecule has 0 radical (unpaired) electrons. The Morgan fingerprint density at radius 3 is 3.12 bits per heavy atom. The van der Waals surface area contributed by atoms with E-state index >= 15 is 0 Å². The standard InChI is InChI=1S/C13H23N3/c1-3-14-8-12-9-15-16(10-12)13-6-4-5-11(2)7-13/h9-11,13-14H,3-8H2,1-2H3. The molecule has 0 bridgehead atoms. The monoisotopic (exact) mass is 221 g/mol. The summed E-state index contributed by atoms with van der Waals surface area (Å²) in [6, 6.07) is 0.638. The molecule has 1 saturated carbocycles.